The van der Waals surface area contributed by atoms with Gasteiger partial charge in [0.2, 0.25) is 0 Å². The van der Waals surface area contributed by atoms with Crippen LogP contribution in [0.4, 0.5) is 10.5 Å². The Morgan fingerprint density at radius 1 is 1.29 bits per heavy atom. The Bertz CT molecular complexity index is 493. The molecule has 0 aromatic heterocycles. The lowest BCUT2D eigenvalue weighted by molar-refractivity contribution is 0.207. The Balaban J connectivity index is 3.01. The lowest BCUT2D eigenvalue weighted by Crippen LogP contribution is -2.43. The number of carbonyl (C=O) groups excluding carboxylic acids is 1. The molecule has 0 unspecified atom stereocenters. The van der Waals surface area contributed by atoms with Crippen molar-refractivity contribution in [2.45, 2.75) is 27.7 Å². The summed E-state index contributed by atoms with van der Waals surface area (Å²) in [5.41, 5.74) is 2.89. The van der Waals surface area contributed by atoms with Crippen LogP contribution in [0, 0.1) is 13.8 Å². The number of nitrogens with one attached hydrogen (secondary N) is 1. The molecule has 0 saturated heterocycles. The second-order valence-electron chi connectivity index (χ2n) is 4.51. The van der Waals surface area contributed by atoms with E-state index in [4.69, 9.17) is 4.18 Å². The van der Waals surface area contributed by atoms with Gasteiger partial charge >= 0.3 is 12.1 Å². The van der Waals surface area contributed by atoms with Gasteiger partial charge in [-0.25, -0.2) is 4.79 Å². The van der Waals surface area contributed by atoms with Crippen molar-refractivity contribution in [1.29, 1.82) is 0 Å². The van der Waals surface area contributed by atoms with Crippen LogP contribution in [0.5, 0.6) is 0 Å². The average molecular weight is 309 g/mol. The highest BCUT2D eigenvalue weighted by Gasteiger charge is 2.14. The van der Waals surface area contributed by atoms with Crippen molar-refractivity contribution in [2.24, 2.45) is 4.99 Å². The van der Waals surface area contributed by atoms with Gasteiger partial charge in [-0.1, -0.05) is 18.2 Å². The molecule has 5 nitrogen and oxygen atoms in total. The Morgan fingerprint density at radius 3 is 2.33 bits per heavy atom. The third-order valence-corrected chi connectivity index (χ3v) is 3.40. The first-order valence-corrected chi connectivity index (χ1v) is 8.09. The molecular formula is C15H23N3O2S. The van der Waals surface area contributed by atoms with Crippen molar-refractivity contribution >= 4 is 29.8 Å². The van der Waals surface area contributed by atoms with Crippen molar-refractivity contribution in [3.05, 3.63) is 29.3 Å². The van der Waals surface area contributed by atoms with Crippen LogP contribution in [0.3, 0.4) is 0 Å². The van der Waals surface area contributed by atoms with E-state index in [1.165, 1.54) is 0 Å². The summed E-state index contributed by atoms with van der Waals surface area (Å²) in [4.78, 5) is 18.2. The minimum absolute atomic E-state index is 0.205. The predicted molar refractivity (Wildman–Crippen MR) is 89.1 cm³/mol. The third kappa shape index (κ3) is 4.97. The highest BCUT2D eigenvalue weighted by Crippen LogP contribution is 2.23. The summed E-state index contributed by atoms with van der Waals surface area (Å²) >= 11 is 1.15. The summed E-state index contributed by atoms with van der Waals surface area (Å²) in [6.07, 6.45) is 1.78. The molecule has 1 rings (SSSR count). The molecule has 0 heterocycles. The maximum Gasteiger partial charge on any atom is 0.325 e. The van der Waals surface area contributed by atoms with Crippen LogP contribution in [0.15, 0.2) is 23.2 Å². The van der Waals surface area contributed by atoms with Gasteiger partial charge in [0.05, 0.1) is 17.7 Å². The van der Waals surface area contributed by atoms with Gasteiger partial charge in [0.15, 0.2) is 0 Å². The number of rotatable bonds is 4. The first-order chi connectivity index (χ1) is 10.0. The zero-order chi connectivity index (χ0) is 15.8. The molecule has 2 amide bonds. The summed E-state index contributed by atoms with van der Waals surface area (Å²) in [7, 11) is 0. The molecule has 0 bridgehead atoms. The summed E-state index contributed by atoms with van der Waals surface area (Å²) in [5.74, 6) is 0. The summed E-state index contributed by atoms with van der Waals surface area (Å²) in [5, 5.41) is 2.72. The normalized spacial score (nSPS) is 11.2. The number of carbonyl (C=O) groups is 1. The molecule has 0 aliphatic carbocycles. The van der Waals surface area contributed by atoms with E-state index < -0.39 is 0 Å². The Kier molecular flexibility index (Phi) is 7.08. The van der Waals surface area contributed by atoms with Crippen molar-refractivity contribution in [3.8, 4) is 0 Å². The van der Waals surface area contributed by atoms with E-state index in [9.17, 15) is 4.79 Å². The number of aryl methyl sites for hydroxylation is 2. The quantitative estimate of drug-likeness (QED) is 0.525. The molecule has 1 N–H and O–H groups in total. The number of benzene rings is 1. The zero-order valence-electron chi connectivity index (χ0n) is 13.3. The van der Waals surface area contributed by atoms with E-state index >= 15 is 0 Å². The van der Waals surface area contributed by atoms with E-state index in [2.05, 4.69) is 10.3 Å². The number of hydrogen-bond acceptors (Lipinski definition) is 4. The zero-order valence-corrected chi connectivity index (χ0v) is 14.1. The fourth-order valence-electron chi connectivity index (χ4n) is 1.91. The van der Waals surface area contributed by atoms with Gasteiger partial charge in [-0.15, -0.1) is 0 Å². The molecule has 1 aromatic carbocycles. The van der Waals surface area contributed by atoms with Crippen LogP contribution in [0.1, 0.15) is 25.0 Å². The molecule has 1 aromatic rings. The number of amides is 2. The van der Waals surface area contributed by atoms with E-state index in [1.807, 2.05) is 45.9 Å². The van der Waals surface area contributed by atoms with Gasteiger partial charge in [0.25, 0.3) is 0 Å². The monoisotopic (exact) mass is 309 g/mol. The highest BCUT2D eigenvalue weighted by atomic mass is 32.2. The first-order valence-electron chi connectivity index (χ1n) is 6.94. The van der Waals surface area contributed by atoms with Gasteiger partial charge < -0.3 is 9.08 Å². The van der Waals surface area contributed by atoms with Crippen molar-refractivity contribution in [1.82, 2.24) is 10.2 Å². The molecular weight excluding hydrogens is 286 g/mol. The minimum atomic E-state index is -0.209. The molecule has 116 valence electrons. The van der Waals surface area contributed by atoms with Gasteiger partial charge in [0, 0.05) is 19.3 Å². The number of urea groups is 1. The molecule has 0 saturated carbocycles. The van der Waals surface area contributed by atoms with E-state index in [-0.39, 0.29) is 12.1 Å². The molecule has 0 atom stereocenters. The molecule has 0 radical (unpaired) electrons. The summed E-state index contributed by atoms with van der Waals surface area (Å²) in [6.45, 7) is 9.10. The average Bonchev–Trinajstić information content (AvgIpc) is 2.44. The number of para-hydroxylation sites is 1. The molecule has 0 spiro atoms. The molecule has 0 aliphatic rings. The van der Waals surface area contributed by atoms with Crippen LogP contribution in [0.2, 0.25) is 0 Å². The Hall–Kier alpha value is -1.69. The van der Waals surface area contributed by atoms with Crippen molar-refractivity contribution < 1.29 is 8.98 Å². The molecule has 0 aliphatic heterocycles. The van der Waals surface area contributed by atoms with Crippen LogP contribution < -0.4 is 5.32 Å². The fraction of sp³-hybridized carbons (Fsp3) is 0.467. The number of nitrogens with zero attached hydrogens (tertiary/aromatic N) is 2. The van der Waals surface area contributed by atoms with Gasteiger partial charge in [-0.05, 0) is 38.8 Å². The second-order valence-corrected chi connectivity index (χ2v) is 5.01. The molecule has 6 heteroatoms. The van der Waals surface area contributed by atoms with Crippen molar-refractivity contribution in [3.63, 3.8) is 0 Å². The number of hydrogen-bond donors (Lipinski definition) is 1. The largest absolute Gasteiger partial charge is 0.391 e. The van der Waals surface area contributed by atoms with Gasteiger partial charge in [0.1, 0.15) is 0 Å². The Labute approximate surface area is 131 Å². The smallest absolute Gasteiger partial charge is 0.325 e. The lowest BCUT2D eigenvalue weighted by Gasteiger charge is -2.19. The number of aliphatic imine (C=N–C) groups is 1. The second kappa shape index (κ2) is 8.56. The van der Waals surface area contributed by atoms with Crippen LogP contribution in [-0.2, 0) is 4.18 Å². The van der Waals surface area contributed by atoms with Crippen molar-refractivity contribution in [2.75, 3.05) is 19.3 Å². The maximum atomic E-state index is 12.1. The summed E-state index contributed by atoms with van der Waals surface area (Å²) < 4.78 is 5.37. The fourth-order valence-corrected chi connectivity index (χ4v) is 2.15. The van der Waals surface area contributed by atoms with E-state index in [0.717, 1.165) is 28.9 Å². The van der Waals surface area contributed by atoms with E-state index in [1.54, 1.807) is 11.2 Å². The molecule has 21 heavy (non-hydrogen) atoms. The SMILES string of the molecule is CCN(CC)C(=O)NC(=Nc1c(C)cccc1C)OSC. The van der Waals surface area contributed by atoms with Gasteiger partial charge in [-0.2, -0.15) is 4.99 Å². The summed E-state index contributed by atoms with van der Waals surface area (Å²) in [6, 6.07) is 5.94. The van der Waals surface area contributed by atoms with Crippen LogP contribution in [0.25, 0.3) is 0 Å². The standard InChI is InChI=1S/C15H23N3O2S/c1-6-18(7-2)15(19)17-14(20-21-5)16-13-11(3)9-8-10-12(13)4/h8-10H,6-7H2,1-5H3,(H,16,17,19). The Morgan fingerprint density at radius 2 is 1.86 bits per heavy atom. The third-order valence-electron chi connectivity index (χ3n) is 3.08. The predicted octanol–water partition coefficient (Wildman–Crippen LogP) is 3.64. The van der Waals surface area contributed by atoms with Crippen LogP contribution >= 0.6 is 12.0 Å². The van der Waals surface area contributed by atoms with Crippen LogP contribution in [-0.4, -0.2) is 36.3 Å². The van der Waals surface area contributed by atoms with Gasteiger partial charge in [-0.3, -0.25) is 5.32 Å². The topological polar surface area (TPSA) is 53.9 Å². The number of amidine groups is 1. The lowest BCUT2D eigenvalue weighted by atomic mass is 10.1. The highest BCUT2D eigenvalue weighted by molar-refractivity contribution is 7.94. The minimum Gasteiger partial charge on any atom is -0.391 e. The molecule has 0 fully saturated rings. The maximum absolute atomic E-state index is 12.1. The van der Waals surface area contributed by atoms with E-state index in [0.29, 0.717) is 13.1 Å². The first kappa shape index (κ1) is 17.4.